The molecule has 0 aliphatic heterocycles. The van der Waals surface area contributed by atoms with Gasteiger partial charge < -0.3 is 10.4 Å². The van der Waals surface area contributed by atoms with Crippen LogP contribution in [0.3, 0.4) is 0 Å². The first-order chi connectivity index (χ1) is 8.95. The van der Waals surface area contributed by atoms with Gasteiger partial charge in [0.05, 0.1) is 17.1 Å². The highest BCUT2D eigenvalue weighted by molar-refractivity contribution is 6.34. The largest absolute Gasteiger partial charge is 0.481 e. The zero-order valence-electron chi connectivity index (χ0n) is 11.0. The summed E-state index contributed by atoms with van der Waals surface area (Å²) in [7, 11) is 0. The van der Waals surface area contributed by atoms with E-state index >= 15 is 0 Å². The number of halogens is 1. The van der Waals surface area contributed by atoms with Gasteiger partial charge in [-0.2, -0.15) is 5.10 Å². The molecule has 0 unspecified atom stereocenters. The number of carbonyl (C=O) groups excluding carboxylic acids is 1. The van der Waals surface area contributed by atoms with E-state index in [4.69, 9.17) is 16.7 Å². The summed E-state index contributed by atoms with van der Waals surface area (Å²) in [5.74, 6) is -1.39. The molecule has 1 aromatic heterocycles. The maximum Gasteiger partial charge on any atom is 0.305 e. The van der Waals surface area contributed by atoms with Crippen LogP contribution in [-0.2, 0) is 4.79 Å². The fraction of sp³-hybridized carbons (Fsp3) is 0.583. The number of aromatic nitrogens is 2. The molecule has 0 aliphatic carbocycles. The van der Waals surface area contributed by atoms with Crippen molar-refractivity contribution in [1.82, 2.24) is 15.5 Å². The topological polar surface area (TPSA) is 95.1 Å². The molecule has 1 rings (SSSR count). The number of rotatable bonds is 7. The number of carboxylic acid groups (broad SMARTS) is 1. The number of hydrogen-bond donors (Lipinski definition) is 3. The van der Waals surface area contributed by atoms with Crippen molar-refractivity contribution in [2.24, 2.45) is 0 Å². The minimum absolute atomic E-state index is 0.103. The predicted octanol–water partition coefficient (Wildman–Crippen LogP) is 2.13. The summed E-state index contributed by atoms with van der Waals surface area (Å²) in [6.45, 7) is 3.71. The lowest BCUT2D eigenvalue weighted by Gasteiger charge is -2.15. The highest BCUT2D eigenvalue weighted by Crippen LogP contribution is 2.17. The Morgan fingerprint density at radius 2 is 2.21 bits per heavy atom. The van der Waals surface area contributed by atoms with E-state index in [-0.39, 0.29) is 17.1 Å². The number of nitrogens with one attached hydrogen (secondary N) is 2. The van der Waals surface area contributed by atoms with Crippen molar-refractivity contribution in [2.75, 3.05) is 0 Å². The lowest BCUT2D eigenvalue weighted by Crippen LogP contribution is -2.36. The van der Waals surface area contributed by atoms with Gasteiger partial charge in [-0.15, -0.1) is 0 Å². The zero-order valence-corrected chi connectivity index (χ0v) is 11.8. The molecule has 0 radical (unpaired) electrons. The number of carbonyl (C=O) groups is 2. The van der Waals surface area contributed by atoms with E-state index in [0.717, 1.165) is 12.8 Å². The highest BCUT2D eigenvalue weighted by Gasteiger charge is 2.21. The highest BCUT2D eigenvalue weighted by atomic mass is 35.5. The molecule has 0 saturated carbocycles. The van der Waals surface area contributed by atoms with Crippen molar-refractivity contribution in [3.63, 3.8) is 0 Å². The first kappa shape index (κ1) is 15.5. The van der Waals surface area contributed by atoms with Crippen LogP contribution < -0.4 is 5.32 Å². The lowest BCUT2D eigenvalue weighted by molar-refractivity contribution is -0.137. The Morgan fingerprint density at radius 1 is 1.53 bits per heavy atom. The number of carboxylic acids is 1. The molecule has 1 heterocycles. The first-order valence-electron chi connectivity index (χ1n) is 6.18. The molecule has 0 aromatic carbocycles. The van der Waals surface area contributed by atoms with Crippen LogP contribution in [0.2, 0.25) is 5.02 Å². The van der Waals surface area contributed by atoms with Crippen LogP contribution in [0.4, 0.5) is 0 Å². The molecule has 6 nitrogen and oxygen atoms in total. The van der Waals surface area contributed by atoms with Crippen molar-refractivity contribution < 1.29 is 14.7 Å². The molecular formula is C12H18ClN3O3. The van der Waals surface area contributed by atoms with Gasteiger partial charge in [-0.05, 0) is 13.3 Å². The summed E-state index contributed by atoms with van der Waals surface area (Å²) in [5, 5.41) is 18.2. The molecule has 1 amide bonds. The van der Waals surface area contributed by atoms with Crippen LogP contribution in [0.1, 0.15) is 48.8 Å². The molecule has 0 saturated heterocycles. The average Bonchev–Trinajstić information content (AvgIpc) is 2.66. The number of unbranched alkanes of at least 4 members (excludes halogenated alkanes) is 1. The fourth-order valence-corrected chi connectivity index (χ4v) is 1.88. The van der Waals surface area contributed by atoms with Gasteiger partial charge in [0.2, 0.25) is 0 Å². The number of aromatic amines is 1. The van der Waals surface area contributed by atoms with Crippen molar-refractivity contribution >= 4 is 23.5 Å². The standard InChI is InChI=1S/C12H18ClN3O3/c1-3-4-5-8(6-9(17)18)14-12(19)11-10(13)7(2)15-16-11/h8H,3-6H2,1-2H3,(H,14,19)(H,15,16)(H,17,18)/t8-/m0/s1. The zero-order chi connectivity index (χ0) is 14.4. The summed E-state index contributed by atoms with van der Waals surface area (Å²) in [6.07, 6.45) is 2.31. The number of aliphatic carboxylic acids is 1. The Balaban J connectivity index is 2.69. The van der Waals surface area contributed by atoms with Gasteiger partial charge in [0.25, 0.3) is 5.91 Å². The van der Waals surface area contributed by atoms with Gasteiger partial charge >= 0.3 is 5.97 Å². The van der Waals surface area contributed by atoms with Crippen LogP contribution >= 0.6 is 11.6 Å². The predicted molar refractivity (Wildman–Crippen MR) is 71.4 cm³/mol. The van der Waals surface area contributed by atoms with Gasteiger partial charge in [0.15, 0.2) is 5.69 Å². The molecule has 0 fully saturated rings. The maximum atomic E-state index is 12.0. The Kier molecular flexibility index (Phi) is 5.82. The third kappa shape index (κ3) is 4.55. The minimum Gasteiger partial charge on any atom is -0.481 e. The third-order valence-corrected chi connectivity index (χ3v) is 3.21. The summed E-state index contributed by atoms with van der Waals surface area (Å²) in [5.41, 5.74) is 0.709. The summed E-state index contributed by atoms with van der Waals surface area (Å²) in [4.78, 5) is 22.7. The van der Waals surface area contributed by atoms with Crippen LogP contribution in [0.25, 0.3) is 0 Å². The molecule has 1 aromatic rings. The minimum atomic E-state index is -0.939. The molecule has 19 heavy (non-hydrogen) atoms. The van der Waals surface area contributed by atoms with Crippen LogP contribution in [-0.4, -0.2) is 33.2 Å². The Hall–Kier alpha value is -1.56. The van der Waals surface area contributed by atoms with Gasteiger partial charge in [-0.1, -0.05) is 31.4 Å². The van der Waals surface area contributed by atoms with Crippen molar-refractivity contribution in [2.45, 2.75) is 45.6 Å². The normalized spacial score (nSPS) is 12.2. The number of hydrogen-bond acceptors (Lipinski definition) is 3. The number of H-pyrrole nitrogens is 1. The quantitative estimate of drug-likeness (QED) is 0.716. The lowest BCUT2D eigenvalue weighted by atomic mass is 10.1. The average molecular weight is 288 g/mol. The SMILES string of the molecule is CCCC[C@@H](CC(=O)O)NC(=O)c1n[nH]c(C)c1Cl. The van der Waals surface area contributed by atoms with E-state index in [1.54, 1.807) is 6.92 Å². The van der Waals surface area contributed by atoms with E-state index in [2.05, 4.69) is 15.5 Å². The molecule has 0 aliphatic rings. The monoisotopic (exact) mass is 287 g/mol. The summed E-state index contributed by atoms with van der Waals surface area (Å²) < 4.78 is 0. The molecular weight excluding hydrogens is 270 g/mol. The van der Waals surface area contributed by atoms with Crippen LogP contribution in [0, 0.1) is 6.92 Å². The summed E-state index contributed by atoms with van der Waals surface area (Å²) >= 11 is 5.93. The molecule has 3 N–H and O–H groups in total. The van der Waals surface area contributed by atoms with Crippen LogP contribution in [0.15, 0.2) is 0 Å². The van der Waals surface area contributed by atoms with E-state index < -0.39 is 17.9 Å². The Bertz CT molecular complexity index is 459. The fourth-order valence-electron chi connectivity index (χ4n) is 1.71. The van der Waals surface area contributed by atoms with Crippen LogP contribution in [0.5, 0.6) is 0 Å². The second-order valence-corrected chi connectivity index (χ2v) is 4.80. The molecule has 106 valence electrons. The molecule has 0 bridgehead atoms. The van der Waals surface area contributed by atoms with E-state index in [1.807, 2.05) is 6.92 Å². The number of amides is 1. The van der Waals surface area contributed by atoms with Crippen molar-refractivity contribution in [3.8, 4) is 0 Å². The Labute approximate surface area is 116 Å². The molecule has 1 atom stereocenters. The molecule has 7 heteroatoms. The Morgan fingerprint density at radius 3 is 2.68 bits per heavy atom. The second kappa shape index (κ2) is 7.13. The van der Waals surface area contributed by atoms with Crippen molar-refractivity contribution in [3.05, 3.63) is 16.4 Å². The number of aryl methyl sites for hydroxylation is 1. The number of nitrogens with zero attached hydrogens (tertiary/aromatic N) is 1. The maximum absolute atomic E-state index is 12.0. The van der Waals surface area contributed by atoms with Gasteiger partial charge in [0, 0.05) is 6.04 Å². The van der Waals surface area contributed by atoms with Gasteiger partial charge in [-0.3, -0.25) is 14.7 Å². The van der Waals surface area contributed by atoms with Gasteiger partial charge in [-0.25, -0.2) is 0 Å². The molecule has 0 spiro atoms. The first-order valence-corrected chi connectivity index (χ1v) is 6.56. The van der Waals surface area contributed by atoms with E-state index in [9.17, 15) is 9.59 Å². The second-order valence-electron chi connectivity index (χ2n) is 4.42. The smallest absolute Gasteiger partial charge is 0.305 e. The van der Waals surface area contributed by atoms with E-state index in [1.165, 1.54) is 0 Å². The summed E-state index contributed by atoms with van der Waals surface area (Å²) in [6, 6.07) is -0.405. The van der Waals surface area contributed by atoms with Gasteiger partial charge in [0.1, 0.15) is 0 Å². The third-order valence-electron chi connectivity index (χ3n) is 2.75. The van der Waals surface area contributed by atoms with E-state index in [0.29, 0.717) is 12.1 Å². The van der Waals surface area contributed by atoms with Crippen molar-refractivity contribution in [1.29, 1.82) is 0 Å².